The van der Waals surface area contributed by atoms with E-state index < -0.39 is 12.1 Å². The van der Waals surface area contributed by atoms with Gasteiger partial charge in [0.2, 0.25) is 5.91 Å². The number of aliphatic hydroxyl groups excluding tert-OH is 2. The molecule has 0 saturated heterocycles. The van der Waals surface area contributed by atoms with E-state index in [0.717, 1.165) is 44.1 Å². The number of rotatable bonds is 6. The van der Waals surface area contributed by atoms with Crippen LogP contribution in [0.2, 0.25) is 0 Å². The number of benzene rings is 1. The van der Waals surface area contributed by atoms with Crippen molar-refractivity contribution in [3.05, 3.63) is 41.5 Å². The molecule has 0 bridgehead atoms. The highest BCUT2D eigenvalue weighted by Crippen LogP contribution is 2.73. The van der Waals surface area contributed by atoms with Crippen LogP contribution in [-0.4, -0.2) is 46.5 Å². The molecular weight excluding hydrogens is 526 g/mol. The normalized spacial score (nSPS) is 40.9. The van der Waals surface area contributed by atoms with Crippen molar-refractivity contribution in [3.8, 4) is 0 Å². The largest absolute Gasteiger partial charge is 0.478 e. The molecule has 4 fully saturated rings. The molecule has 230 valence electrons. The number of aromatic carboxylic acids is 1. The van der Waals surface area contributed by atoms with Gasteiger partial charge in [-0.25, -0.2) is 4.79 Å². The van der Waals surface area contributed by atoms with Crippen molar-refractivity contribution >= 4 is 17.4 Å². The number of aliphatic hydroxyl groups is 2. The Hall–Kier alpha value is -2.18. The van der Waals surface area contributed by atoms with E-state index in [1.165, 1.54) is 31.3 Å². The van der Waals surface area contributed by atoms with Gasteiger partial charge in [0.1, 0.15) is 0 Å². The van der Waals surface area contributed by atoms with Gasteiger partial charge in [0, 0.05) is 6.54 Å². The lowest BCUT2D eigenvalue weighted by Crippen LogP contribution is -2.62. The maximum Gasteiger partial charge on any atom is 0.335 e. The molecule has 6 rings (SSSR count). The van der Waals surface area contributed by atoms with E-state index >= 15 is 0 Å². The van der Waals surface area contributed by atoms with E-state index in [2.05, 4.69) is 39.1 Å². The fraction of sp³-hybridized carbons (Fsp3) is 0.722. The lowest BCUT2D eigenvalue weighted by molar-refractivity contribution is -0.181. The molecule has 0 spiro atoms. The van der Waals surface area contributed by atoms with Gasteiger partial charge in [-0.05, 0) is 127 Å². The standard InChI is InChI=1S/C36H51NO5/c1-33(2)26(22-7-9-23(10-8-22)31(40)41)13-17-35(4)29(33)15-18-34(3)27-14-19-36(32(42)37-20-24(39)21-38)16-5-6-28(36)25(27)11-12-30(34)35/h7-10,13,24-25,27-30,38-39H,5-6,11-12,14-21H2,1-4H3,(H,37,42)(H,40,41)/t24?,25-,27?,28?,29?,30?,34-,35-,36-/m0/s1. The van der Waals surface area contributed by atoms with Crippen LogP contribution in [0.5, 0.6) is 0 Å². The summed E-state index contributed by atoms with van der Waals surface area (Å²) in [6.07, 6.45) is 12.8. The molecule has 4 saturated carbocycles. The topological polar surface area (TPSA) is 107 Å². The Balaban J connectivity index is 1.26. The first-order chi connectivity index (χ1) is 19.9. The molecule has 0 heterocycles. The molecular formula is C36H51NO5. The highest BCUT2D eigenvalue weighted by Gasteiger charge is 2.66. The third kappa shape index (κ3) is 4.33. The van der Waals surface area contributed by atoms with Crippen LogP contribution in [0.4, 0.5) is 0 Å². The second-order valence-electron chi connectivity index (χ2n) is 15.7. The van der Waals surface area contributed by atoms with Gasteiger partial charge in [-0.15, -0.1) is 0 Å². The Morgan fingerprint density at radius 1 is 0.905 bits per heavy atom. The number of carbonyl (C=O) groups excluding carboxylic acids is 1. The molecule has 1 aromatic carbocycles. The minimum Gasteiger partial charge on any atom is -0.478 e. The van der Waals surface area contributed by atoms with Gasteiger partial charge in [-0.3, -0.25) is 4.79 Å². The molecule has 1 aromatic rings. The highest BCUT2D eigenvalue weighted by molar-refractivity contribution is 5.88. The highest BCUT2D eigenvalue weighted by atomic mass is 16.4. The van der Waals surface area contributed by atoms with Gasteiger partial charge < -0.3 is 20.6 Å². The molecule has 42 heavy (non-hydrogen) atoms. The molecule has 4 N–H and O–H groups in total. The fourth-order valence-corrected chi connectivity index (χ4v) is 12.0. The summed E-state index contributed by atoms with van der Waals surface area (Å²) in [7, 11) is 0. The number of carbonyl (C=O) groups is 2. The quantitative estimate of drug-likeness (QED) is 0.317. The number of fused-ring (bicyclic) bond motifs is 7. The second-order valence-corrected chi connectivity index (χ2v) is 15.7. The monoisotopic (exact) mass is 577 g/mol. The minimum absolute atomic E-state index is 0.000311. The third-order valence-electron chi connectivity index (χ3n) is 13.7. The molecule has 1 amide bonds. The van der Waals surface area contributed by atoms with Crippen LogP contribution in [0.15, 0.2) is 30.3 Å². The molecule has 5 aliphatic carbocycles. The predicted molar refractivity (Wildman–Crippen MR) is 164 cm³/mol. The zero-order valence-electron chi connectivity index (χ0n) is 26.0. The van der Waals surface area contributed by atoms with Crippen LogP contribution in [-0.2, 0) is 4.79 Å². The SMILES string of the molecule is CC1(C)C(c2ccc(C(=O)O)cc2)=CC[C@@]2(C)C1CC[C@@]1(C)C3CC[C@@]4(C(=O)NCC(O)CO)CCCC4[C@H]3CCC12. The maximum atomic E-state index is 13.6. The molecule has 0 aromatic heterocycles. The van der Waals surface area contributed by atoms with Gasteiger partial charge in [-0.1, -0.05) is 52.3 Å². The van der Waals surface area contributed by atoms with Crippen LogP contribution >= 0.6 is 0 Å². The van der Waals surface area contributed by atoms with Crippen molar-refractivity contribution in [2.45, 2.75) is 98.0 Å². The van der Waals surface area contributed by atoms with Crippen molar-refractivity contribution in [2.24, 2.45) is 51.2 Å². The van der Waals surface area contributed by atoms with Crippen molar-refractivity contribution in [1.29, 1.82) is 0 Å². The summed E-state index contributed by atoms with van der Waals surface area (Å²) < 4.78 is 0. The summed E-state index contributed by atoms with van der Waals surface area (Å²) in [5, 5.41) is 31.5. The first-order valence-corrected chi connectivity index (χ1v) is 16.5. The van der Waals surface area contributed by atoms with Crippen molar-refractivity contribution in [2.75, 3.05) is 13.2 Å². The molecule has 9 atom stereocenters. The number of hydrogen-bond donors (Lipinski definition) is 4. The summed E-state index contributed by atoms with van der Waals surface area (Å²) in [4.78, 5) is 25.1. The zero-order valence-corrected chi connectivity index (χ0v) is 26.0. The third-order valence-corrected chi connectivity index (χ3v) is 13.7. The zero-order chi connectivity index (χ0) is 30.1. The fourth-order valence-electron chi connectivity index (χ4n) is 12.0. The smallest absolute Gasteiger partial charge is 0.335 e. The Morgan fingerprint density at radius 3 is 2.33 bits per heavy atom. The average Bonchev–Trinajstić information content (AvgIpc) is 3.41. The number of hydrogen-bond acceptors (Lipinski definition) is 4. The van der Waals surface area contributed by atoms with Crippen LogP contribution in [0.25, 0.3) is 5.57 Å². The van der Waals surface area contributed by atoms with Gasteiger partial charge >= 0.3 is 5.97 Å². The summed E-state index contributed by atoms with van der Waals surface area (Å²) in [6, 6.07) is 7.47. The summed E-state index contributed by atoms with van der Waals surface area (Å²) in [6.45, 7) is 9.82. The molecule has 6 heteroatoms. The summed E-state index contributed by atoms with van der Waals surface area (Å²) in [5.74, 6) is 2.11. The maximum absolute atomic E-state index is 13.6. The Morgan fingerprint density at radius 2 is 1.64 bits per heavy atom. The van der Waals surface area contributed by atoms with E-state index in [4.69, 9.17) is 0 Å². The number of amides is 1. The Bertz CT molecular complexity index is 1250. The van der Waals surface area contributed by atoms with Crippen molar-refractivity contribution < 1.29 is 24.9 Å². The minimum atomic E-state index is -0.898. The molecule has 0 aliphatic heterocycles. The number of carboxylic acid groups (broad SMARTS) is 1. The van der Waals surface area contributed by atoms with Gasteiger partial charge in [-0.2, -0.15) is 0 Å². The molecule has 5 unspecified atom stereocenters. The van der Waals surface area contributed by atoms with E-state index in [0.29, 0.717) is 35.2 Å². The summed E-state index contributed by atoms with van der Waals surface area (Å²) in [5.41, 5.74) is 3.04. The number of nitrogens with one attached hydrogen (secondary N) is 1. The predicted octanol–water partition coefficient (Wildman–Crippen LogP) is 6.31. The first-order valence-electron chi connectivity index (χ1n) is 16.5. The first kappa shape index (κ1) is 29.9. The number of carboxylic acids is 1. The molecule has 6 nitrogen and oxygen atoms in total. The van der Waals surface area contributed by atoms with Crippen LogP contribution < -0.4 is 5.32 Å². The van der Waals surface area contributed by atoms with E-state index in [9.17, 15) is 24.9 Å². The van der Waals surface area contributed by atoms with Gasteiger partial charge in [0.05, 0.1) is 23.7 Å². The Labute approximate surface area is 251 Å². The van der Waals surface area contributed by atoms with Crippen molar-refractivity contribution in [1.82, 2.24) is 5.32 Å². The van der Waals surface area contributed by atoms with Gasteiger partial charge in [0.25, 0.3) is 0 Å². The van der Waals surface area contributed by atoms with Crippen LogP contribution in [0.1, 0.15) is 108 Å². The summed E-state index contributed by atoms with van der Waals surface area (Å²) >= 11 is 0. The average molecular weight is 578 g/mol. The van der Waals surface area contributed by atoms with E-state index in [1.807, 2.05) is 12.1 Å². The van der Waals surface area contributed by atoms with Crippen LogP contribution in [0.3, 0.4) is 0 Å². The van der Waals surface area contributed by atoms with E-state index in [1.54, 1.807) is 12.1 Å². The second kappa shape index (κ2) is 10.5. The van der Waals surface area contributed by atoms with Crippen molar-refractivity contribution in [3.63, 3.8) is 0 Å². The molecule has 0 radical (unpaired) electrons. The van der Waals surface area contributed by atoms with Gasteiger partial charge in [0.15, 0.2) is 0 Å². The molecule has 5 aliphatic rings. The lowest BCUT2D eigenvalue weighted by Gasteiger charge is -2.68. The Kier molecular flexibility index (Phi) is 7.45. The number of allylic oxidation sites excluding steroid dienone is 2. The lowest BCUT2D eigenvalue weighted by atomic mass is 9.36. The van der Waals surface area contributed by atoms with E-state index in [-0.39, 0.29) is 40.7 Å². The van der Waals surface area contributed by atoms with Crippen LogP contribution in [0, 0.1) is 51.2 Å².